The molecule has 7 rings (SSSR count). The number of halogens is 1. The number of pyridine rings is 1. The van der Waals surface area contributed by atoms with E-state index < -0.39 is 74.1 Å². The first-order valence-corrected chi connectivity index (χ1v) is 22.8. The Morgan fingerprint density at radius 1 is 1.14 bits per heavy atom. The Labute approximate surface area is 350 Å². The van der Waals surface area contributed by atoms with Crippen molar-refractivity contribution < 1.29 is 46.5 Å². The van der Waals surface area contributed by atoms with Gasteiger partial charge in [-0.2, -0.15) is 0 Å². The van der Waals surface area contributed by atoms with E-state index in [1.165, 1.54) is 11.0 Å². The first-order valence-electron chi connectivity index (χ1n) is 20.8. The summed E-state index contributed by atoms with van der Waals surface area (Å²) >= 11 is 7.02. The minimum Gasteiger partial charge on any atom is -0.495 e. The third-order valence-electron chi connectivity index (χ3n) is 12.5. The number of nitrogens with one attached hydrogen (secondary N) is 3. The van der Waals surface area contributed by atoms with E-state index in [-0.39, 0.29) is 42.8 Å². The summed E-state index contributed by atoms with van der Waals surface area (Å²) in [7, 11) is -2.38. The van der Waals surface area contributed by atoms with Crippen molar-refractivity contribution in [3.8, 4) is 17.4 Å². The molecule has 1 aromatic carbocycles. The summed E-state index contributed by atoms with van der Waals surface area (Å²) in [6.45, 7) is 10.0. The van der Waals surface area contributed by atoms with Crippen LogP contribution in [0.5, 0.6) is 17.4 Å². The van der Waals surface area contributed by atoms with Gasteiger partial charge in [-0.15, -0.1) is 6.58 Å². The SMILES string of the molecule is C=C[C@@H]1CC1(NC(=O)[C@@H]1C[C@@H]2CN1C(=O)[C@H](C1CCCCC1)NC(=O)OCC(C)(C)CCCc1cc3c(cc(OCC)nc3c(Cl)c1OC)O2)C(=O)NS(=O)(=O)C1CC1. The number of hydrogen-bond acceptors (Lipinski definition) is 11. The number of alkyl carbamates (subject to hydrolysis) is 1. The predicted octanol–water partition coefficient (Wildman–Crippen LogP) is 5.35. The van der Waals surface area contributed by atoms with E-state index in [1.807, 2.05) is 26.8 Å². The number of carbonyl (C=O) groups excluding carboxylic acids is 4. The molecule has 5 atom stereocenters. The maximum absolute atomic E-state index is 15.0. The zero-order chi connectivity index (χ0) is 42.3. The van der Waals surface area contributed by atoms with E-state index >= 15 is 0 Å². The van der Waals surface area contributed by atoms with Crippen LogP contribution in [0.2, 0.25) is 5.02 Å². The van der Waals surface area contributed by atoms with Gasteiger partial charge in [0.05, 0.1) is 32.1 Å². The summed E-state index contributed by atoms with van der Waals surface area (Å²) < 4.78 is 52.0. The number of nitrogens with zero attached hydrogens (tertiary/aromatic N) is 2. The van der Waals surface area contributed by atoms with Crippen molar-refractivity contribution in [1.29, 1.82) is 0 Å². The van der Waals surface area contributed by atoms with E-state index in [4.69, 9.17) is 35.5 Å². The van der Waals surface area contributed by atoms with E-state index in [9.17, 15) is 27.6 Å². The minimum absolute atomic E-state index is 0.00888. The molecule has 0 spiro atoms. The molecule has 3 saturated carbocycles. The number of aromatic nitrogens is 1. The highest BCUT2D eigenvalue weighted by Gasteiger charge is 2.62. The number of sulfonamides is 1. The molecule has 2 aromatic rings. The summed E-state index contributed by atoms with van der Waals surface area (Å²) in [5.41, 5.74) is -0.769. The van der Waals surface area contributed by atoms with Gasteiger partial charge in [-0.3, -0.25) is 19.1 Å². The average molecular weight is 858 g/mol. The molecule has 3 N–H and O–H groups in total. The van der Waals surface area contributed by atoms with Gasteiger partial charge in [0.25, 0.3) is 5.91 Å². The topological polar surface area (TPSA) is 192 Å². The molecule has 4 fully saturated rings. The van der Waals surface area contributed by atoms with Crippen LogP contribution in [0.25, 0.3) is 10.9 Å². The van der Waals surface area contributed by atoms with Gasteiger partial charge in [0.2, 0.25) is 27.7 Å². The minimum atomic E-state index is -3.92. The zero-order valence-corrected chi connectivity index (χ0v) is 35.8. The van der Waals surface area contributed by atoms with Crippen molar-refractivity contribution in [3.63, 3.8) is 0 Å². The summed E-state index contributed by atoms with van der Waals surface area (Å²) in [5.74, 6) is -1.61. The van der Waals surface area contributed by atoms with Gasteiger partial charge in [0.1, 0.15) is 45.8 Å². The van der Waals surface area contributed by atoms with Crippen LogP contribution in [0.4, 0.5) is 4.79 Å². The number of methoxy groups -OCH3 is 1. The Bertz CT molecular complexity index is 2110. The van der Waals surface area contributed by atoms with Gasteiger partial charge in [-0.25, -0.2) is 18.2 Å². The van der Waals surface area contributed by atoms with Crippen LogP contribution >= 0.6 is 11.6 Å². The molecule has 15 nitrogen and oxygen atoms in total. The third kappa shape index (κ3) is 9.08. The number of carbonyl (C=O) groups is 4. The van der Waals surface area contributed by atoms with Crippen molar-refractivity contribution in [2.45, 2.75) is 127 Å². The number of rotatable bonds is 10. The molecule has 4 bridgehead atoms. The van der Waals surface area contributed by atoms with Crippen molar-refractivity contribution in [2.24, 2.45) is 17.3 Å². The second-order valence-electron chi connectivity index (χ2n) is 17.4. The van der Waals surface area contributed by atoms with Crippen LogP contribution in [0, 0.1) is 17.3 Å². The fourth-order valence-corrected chi connectivity index (χ4v) is 10.6. The second-order valence-corrected chi connectivity index (χ2v) is 19.8. The fraction of sp³-hybridized carbons (Fsp3) is 0.643. The highest BCUT2D eigenvalue weighted by Crippen LogP contribution is 2.46. The molecule has 59 heavy (non-hydrogen) atoms. The van der Waals surface area contributed by atoms with E-state index in [2.05, 4.69) is 21.9 Å². The number of fused-ring (bicyclic) bond motifs is 3. The molecule has 0 radical (unpaired) electrons. The maximum atomic E-state index is 15.0. The summed E-state index contributed by atoms with van der Waals surface area (Å²) in [6.07, 6.45) is 7.24. The lowest BCUT2D eigenvalue weighted by molar-refractivity contribution is -0.142. The number of ether oxygens (including phenoxy) is 4. The number of cyclic esters (lactones) is 1. The van der Waals surface area contributed by atoms with Crippen molar-refractivity contribution in [1.82, 2.24) is 25.2 Å². The van der Waals surface area contributed by atoms with Crippen LogP contribution in [-0.2, 0) is 35.6 Å². The number of amides is 4. The third-order valence-corrected chi connectivity index (χ3v) is 14.6. The number of hydrogen-bond donors (Lipinski definition) is 3. The maximum Gasteiger partial charge on any atom is 0.407 e. The molecule has 322 valence electrons. The summed E-state index contributed by atoms with van der Waals surface area (Å²) in [6, 6.07) is 1.44. The standard InChI is InChI=1S/C42H56ClN5O10S/c1-6-26-21-42(26,39(51)47-59(53,54)28-15-16-28)46-37(49)30-19-27-22-48(30)38(50)34(24-12-9-8-10-13-24)45-40(52)57-23-41(3,4)17-11-14-25-18-29-31(58-27)20-32(56-7-2)44-35(29)33(43)36(25)55-5/h6,18,20,24,26-28,30,34H,1,7-17,19,21-23H2,2-5H3,(H,45,52)(H,46,49)(H,47,51)/t26-,27-,30+,34+,42?/m1/s1. The van der Waals surface area contributed by atoms with Gasteiger partial charge in [0.15, 0.2) is 0 Å². The van der Waals surface area contributed by atoms with Crippen LogP contribution < -0.4 is 29.6 Å². The highest BCUT2D eigenvalue weighted by molar-refractivity contribution is 7.91. The van der Waals surface area contributed by atoms with Crippen LogP contribution in [0.3, 0.4) is 0 Å². The molecular weight excluding hydrogens is 802 g/mol. The van der Waals surface area contributed by atoms with Crippen LogP contribution in [0.15, 0.2) is 24.8 Å². The molecule has 1 aromatic heterocycles. The fourth-order valence-electron chi connectivity index (χ4n) is 8.89. The van der Waals surface area contributed by atoms with Gasteiger partial charge in [-0.05, 0) is 81.3 Å². The monoisotopic (exact) mass is 857 g/mol. The number of aryl methyl sites for hydroxylation is 1. The Hall–Kier alpha value is -4.31. The van der Waals surface area contributed by atoms with Gasteiger partial charge in [-0.1, -0.05) is 50.8 Å². The van der Waals surface area contributed by atoms with Crippen LogP contribution in [-0.4, -0.2) is 98.0 Å². The molecule has 5 aliphatic rings. The van der Waals surface area contributed by atoms with E-state index in [0.29, 0.717) is 74.0 Å². The molecule has 2 aliphatic heterocycles. The molecule has 17 heteroatoms. The quantitative estimate of drug-likeness (QED) is 0.261. The van der Waals surface area contributed by atoms with Gasteiger partial charge < -0.3 is 34.5 Å². The Balaban J connectivity index is 1.28. The summed E-state index contributed by atoms with van der Waals surface area (Å²) in [5, 5.41) is 5.97. The zero-order valence-electron chi connectivity index (χ0n) is 34.3. The van der Waals surface area contributed by atoms with Gasteiger partial charge >= 0.3 is 6.09 Å². The molecular formula is C42H56ClN5O10S. The van der Waals surface area contributed by atoms with Gasteiger partial charge in [0, 0.05) is 23.8 Å². The summed E-state index contributed by atoms with van der Waals surface area (Å²) in [4.78, 5) is 62.9. The van der Waals surface area contributed by atoms with E-state index in [1.54, 1.807) is 13.2 Å². The second kappa shape index (κ2) is 17.0. The molecule has 4 amide bonds. The van der Waals surface area contributed by atoms with E-state index in [0.717, 1.165) is 24.8 Å². The highest BCUT2D eigenvalue weighted by atomic mass is 35.5. The Kier molecular flexibility index (Phi) is 12.3. The van der Waals surface area contributed by atoms with Crippen LogP contribution in [0.1, 0.15) is 97.0 Å². The number of benzene rings is 1. The Morgan fingerprint density at radius 2 is 1.88 bits per heavy atom. The lowest BCUT2D eigenvalue weighted by Crippen LogP contribution is -2.59. The van der Waals surface area contributed by atoms with Crippen molar-refractivity contribution in [3.05, 3.63) is 35.4 Å². The molecule has 3 aliphatic carbocycles. The molecule has 3 heterocycles. The average Bonchev–Trinajstić information content (AvgIpc) is 4.13. The lowest BCUT2D eigenvalue weighted by Gasteiger charge is -2.35. The molecule has 1 saturated heterocycles. The van der Waals surface area contributed by atoms with Crippen molar-refractivity contribution >= 4 is 56.3 Å². The first kappa shape index (κ1) is 42.8. The largest absolute Gasteiger partial charge is 0.495 e. The Morgan fingerprint density at radius 3 is 2.54 bits per heavy atom. The first-order chi connectivity index (χ1) is 28.1. The normalized spacial score (nSPS) is 27.7. The van der Waals surface area contributed by atoms with Crippen molar-refractivity contribution in [2.75, 3.05) is 26.9 Å². The smallest absolute Gasteiger partial charge is 0.407 e. The molecule has 1 unspecified atom stereocenters. The predicted molar refractivity (Wildman–Crippen MR) is 220 cm³/mol. The lowest BCUT2D eigenvalue weighted by atomic mass is 9.83.